The molecule has 2 aromatic rings. The van der Waals surface area contributed by atoms with Crippen molar-refractivity contribution in [2.24, 2.45) is 0 Å². The highest BCUT2D eigenvalue weighted by atomic mass is 35.5. The molecular formula is C14H16ClNOS. The van der Waals surface area contributed by atoms with Gasteiger partial charge in [-0.3, -0.25) is 0 Å². The highest BCUT2D eigenvalue weighted by Crippen LogP contribution is 2.22. The molecule has 1 heterocycles. The Hall–Kier alpha value is -1.03. The van der Waals surface area contributed by atoms with E-state index in [1.807, 2.05) is 18.2 Å². The van der Waals surface area contributed by atoms with Gasteiger partial charge in [0, 0.05) is 28.6 Å². The van der Waals surface area contributed by atoms with Gasteiger partial charge >= 0.3 is 0 Å². The number of thiophene rings is 1. The normalized spacial score (nSPS) is 10.6. The number of hydrogen-bond donors (Lipinski definition) is 1. The molecule has 1 N–H and O–H groups in total. The molecule has 0 aliphatic heterocycles. The van der Waals surface area contributed by atoms with E-state index in [2.05, 4.69) is 22.8 Å². The monoisotopic (exact) mass is 281 g/mol. The third kappa shape index (κ3) is 3.73. The summed E-state index contributed by atoms with van der Waals surface area (Å²) in [6.07, 6.45) is 1.06. The minimum absolute atomic E-state index is 0.742. The van der Waals surface area contributed by atoms with Gasteiger partial charge in [0.15, 0.2) is 0 Å². The standard InChI is InChI=1S/C14H16ClNOS/c1-17-14-5-4-12(15)9-11(14)10-16-7-6-13-3-2-8-18-13/h2-5,8-9,16H,6-7,10H2,1H3. The molecule has 0 aliphatic rings. The Kier molecular flexibility index (Phi) is 5.05. The highest BCUT2D eigenvalue weighted by Gasteiger charge is 2.03. The summed E-state index contributed by atoms with van der Waals surface area (Å²) in [5.74, 6) is 0.878. The summed E-state index contributed by atoms with van der Waals surface area (Å²) >= 11 is 7.78. The van der Waals surface area contributed by atoms with Crippen molar-refractivity contribution in [2.75, 3.05) is 13.7 Å². The van der Waals surface area contributed by atoms with E-state index < -0.39 is 0 Å². The second kappa shape index (κ2) is 6.78. The average molecular weight is 282 g/mol. The smallest absolute Gasteiger partial charge is 0.123 e. The number of ether oxygens (including phenoxy) is 1. The zero-order valence-corrected chi connectivity index (χ0v) is 11.9. The molecule has 2 rings (SSSR count). The Bertz CT molecular complexity index is 485. The molecule has 0 radical (unpaired) electrons. The van der Waals surface area contributed by atoms with Gasteiger partial charge in [0.2, 0.25) is 0 Å². The molecule has 0 saturated heterocycles. The largest absolute Gasteiger partial charge is 0.496 e. The fraction of sp³-hybridized carbons (Fsp3) is 0.286. The predicted octanol–water partition coefficient (Wildman–Crippen LogP) is 3.74. The van der Waals surface area contributed by atoms with Crippen LogP contribution < -0.4 is 10.1 Å². The van der Waals surface area contributed by atoms with Gasteiger partial charge in [-0.25, -0.2) is 0 Å². The lowest BCUT2D eigenvalue weighted by atomic mass is 10.2. The number of rotatable bonds is 6. The lowest BCUT2D eigenvalue weighted by Gasteiger charge is -2.09. The van der Waals surface area contributed by atoms with Crippen LogP contribution in [0.3, 0.4) is 0 Å². The van der Waals surface area contributed by atoms with Gasteiger partial charge in [-0.1, -0.05) is 17.7 Å². The molecule has 1 aromatic carbocycles. The van der Waals surface area contributed by atoms with Crippen LogP contribution >= 0.6 is 22.9 Å². The van der Waals surface area contributed by atoms with Crippen molar-refractivity contribution >= 4 is 22.9 Å². The van der Waals surface area contributed by atoms with Crippen molar-refractivity contribution in [3.05, 3.63) is 51.2 Å². The first kappa shape index (κ1) is 13.4. The van der Waals surface area contributed by atoms with Crippen molar-refractivity contribution in [3.63, 3.8) is 0 Å². The second-order valence-corrected chi connectivity index (χ2v) is 5.43. The molecular weight excluding hydrogens is 266 g/mol. The molecule has 96 valence electrons. The molecule has 18 heavy (non-hydrogen) atoms. The van der Waals surface area contributed by atoms with E-state index in [1.165, 1.54) is 4.88 Å². The van der Waals surface area contributed by atoms with Gasteiger partial charge in [0.1, 0.15) is 5.75 Å². The molecule has 0 spiro atoms. The summed E-state index contributed by atoms with van der Waals surface area (Å²) in [6.45, 7) is 1.73. The fourth-order valence-electron chi connectivity index (χ4n) is 1.77. The maximum absolute atomic E-state index is 5.99. The SMILES string of the molecule is COc1ccc(Cl)cc1CNCCc1cccs1. The van der Waals surface area contributed by atoms with Crippen LogP contribution in [0.2, 0.25) is 5.02 Å². The number of nitrogens with one attached hydrogen (secondary N) is 1. The molecule has 0 saturated carbocycles. The van der Waals surface area contributed by atoms with Crippen LogP contribution in [-0.2, 0) is 13.0 Å². The Labute approximate surface area is 117 Å². The van der Waals surface area contributed by atoms with Crippen molar-refractivity contribution in [2.45, 2.75) is 13.0 Å². The zero-order valence-electron chi connectivity index (χ0n) is 10.3. The highest BCUT2D eigenvalue weighted by molar-refractivity contribution is 7.09. The molecule has 0 aliphatic carbocycles. The topological polar surface area (TPSA) is 21.3 Å². The van der Waals surface area contributed by atoms with Gasteiger partial charge in [0.05, 0.1) is 7.11 Å². The van der Waals surface area contributed by atoms with E-state index in [1.54, 1.807) is 18.4 Å². The average Bonchev–Trinajstić information content (AvgIpc) is 2.88. The summed E-state index contributed by atoms with van der Waals surface area (Å²) in [5.41, 5.74) is 1.09. The van der Waals surface area contributed by atoms with Crippen molar-refractivity contribution < 1.29 is 4.74 Å². The lowest BCUT2D eigenvalue weighted by Crippen LogP contribution is -2.16. The van der Waals surface area contributed by atoms with E-state index in [0.717, 1.165) is 35.8 Å². The fourth-order valence-corrected chi connectivity index (χ4v) is 2.68. The van der Waals surface area contributed by atoms with Crippen molar-refractivity contribution in [1.82, 2.24) is 5.32 Å². The molecule has 2 nitrogen and oxygen atoms in total. The van der Waals surface area contributed by atoms with Crippen LogP contribution in [-0.4, -0.2) is 13.7 Å². The van der Waals surface area contributed by atoms with E-state index in [9.17, 15) is 0 Å². The zero-order chi connectivity index (χ0) is 12.8. The van der Waals surface area contributed by atoms with Crippen molar-refractivity contribution in [1.29, 1.82) is 0 Å². The van der Waals surface area contributed by atoms with Gasteiger partial charge in [0.25, 0.3) is 0 Å². The quantitative estimate of drug-likeness (QED) is 0.815. The molecule has 1 aromatic heterocycles. The van der Waals surface area contributed by atoms with E-state index >= 15 is 0 Å². The molecule has 0 fully saturated rings. The Morgan fingerprint density at radius 2 is 2.22 bits per heavy atom. The Morgan fingerprint density at radius 3 is 2.94 bits per heavy atom. The summed E-state index contributed by atoms with van der Waals surface area (Å²) < 4.78 is 5.31. The summed E-state index contributed by atoms with van der Waals surface area (Å²) in [5, 5.41) is 6.26. The molecule has 0 amide bonds. The van der Waals surface area contributed by atoms with Crippen LogP contribution in [0.5, 0.6) is 5.75 Å². The first-order valence-electron chi connectivity index (χ1n) is 5.85. The van der Waals surface area contributed by atoms with Gasteiger partial charge in [-0.15, -0.1) is 11.3 Å². The van der Waals surface area contributed by atoms with Crippen LogP contribution in [0.15, 0.2) is 35.7 Å². The minimum Gasteiger partial charge on any atom is -0.496 e. The number of hydrogen-bond acceptors (Lipinski definition) is 3. The van der Waals surface area contributed by atoms with Crippen molar-refractivity contribution in [3.8, 4) is 5.75 Å². The second-order valence-electron chi connectivity index (χ2n) is 3.96. The molecule has 4 heteroatoms. The maximum Gasteiger partial charge on any atom is 0.123 e. The first-order chi connectivity index (χ1) is 8.79. The van der Waals surface area contributed by atoms with Crippen LogP contribution in [0.25, 0.3) is 0 Å². The van der Waals surface area contributed by atoms with Crippen LogP contribution in [0, 0.1) is 0 Å². The summed E-state index contributed by atoms with van der Waals surface area (Å²) in [6, 6.07) is 9.93. The molecule has 0 bridgehead atoms. The predicted molar refractivity (Wildman–Crippen MR) is 77.7 cm³/mol. The van der Waals surface area contributed by atoms with E-state index in [4.69, 9.17) is 16.3 Å². The first-order valence-corrected chi connectivity index (χ1v) is 7.11. The molecule has 0 unspecified atom stereocenters. The summed E-state index contributed by atoms with van der Waals surface area (Å²) in [4.78, 5) is 1.40. The third-order valence-electron chi connectivity index (χ3n) is 2.69. The summed E-state index contributed by atoms with van der Waals surface area (Å²) in [7, 11) is 1.68. The van der Waals surface area contributed by atoms with Gasteiger partial charge in [-0.05, 0) is 36.1 Å². The Morgan fingerprint density at radius 1 is 1.33 bits per heavy atom. The van der Waals surface area contributed by atoms with E-state index in [-0.39, 0.29) is 0 Å². The maximum atomic E-state index is 5.99. The number of benzene rings is 1. The van der Waals surface area contributed by atoms with Gasteiger partial charge in [-0.2, -0.15) is 0 Å². The molecule has 0 atom stereocenters. The third-order valence-corrected chi connectivity index (χ3v) is 3.86. The van der Waals surface area contributed by atoms with Gasteiger partial charge < -0.3 is 10.1 Å². The lowest BCUT2D eigenvalue weighted by molar-refractivity contribution is 0.408. The number of methoxy groups -OCH3 is 1. The Balaban J connectivity index is 1.84. The minimum atomic E-state index is 0.742. The van der Waals surface area contributed by atoms with E-state index in [0.29, 0.717) is 0 Å². The van der Waals surface area contributed by atoms with Crippen LogP contribution in [0.4, 0.5) is 0 Å². The van der Waals surface area contributed by atoms with Crippen LogP contribution in [0.1, 0.15) is 10.4 Å². The number of halogens is 1.